The number of nitrogens with one attached hydrogen (secondary N) is 1. The van der Waals surface area contributed by atoms with Gasteiger partial charge >= 0.3 is 0 Å². The van der Waals surface area contributed by atoms with Crippen LogP contribution in [0.4, 0.5) is 10.1 Å². The largest absolute Gasteiger partial charge is 0.398 e. The molecule has 0 saturated carbocycles. The molecule has 0 bridgehead atoms. The van der Waals surface area contributed by atoms with Crippen LogP contribution in [0.3, 0.4) is 0 Å². The number of halogens is 1. The molecular formula is C16H13FN2O. The summed E-state index contributed by atoms with van der Waals surface area (Å²) in [5.74, 6) is -0.577. The van der Waals surface area contributed by atoms with E-state index in [2.05, 4.69) is 4.98 Å². The van der Waals surface area contributed by atoms with Gasteiger partial charge in [0.25, 0.3) is 0 Å². The molecule has 0 aliphatic carbocycles. The fourth-order valence-corrected chi connectivity index (χ4v) is 2.30. The van der Waals surface area contributed by atoms with Gasteiger partial charge in [-0.2, -0.15) is 0 Å². The highest BCUT2D eigenvalue weighted by molar-refractivity contribution is 6.18. The Kier molecular flexibility index (Phi) is 2.79. The van der Waals surface area contributed by atoms with E-state index in [9.17, 15) is 9.18 Å². The van der Waals surface area contributed by atoms with Crippen molar-refractivity contribution in [3.8, 4) is 0 Å². The molecule has 0 radical (unpaired) electrons. The van der Waals surface area contributed by atoms with Crippen LogP contribution in [0.25, 0.3) is 10.9 Å². The van der Waals surface area contributed by atoms with Gasteiger partial charge in [-0.1, -0.05) is 12.1 Å². The third-order valence-electron chi connectivity index (χ3n) is 3.46. The molecule has 0 spiro atoms. The number of para-hydroxylation sites is 1. The fraction of sp³-hybridized carbons (Fsp3) is 0.0625. The lowest BCUT2D eigenvalue weighted by Crippen LogP contribution is -2.06. The molecule has 1 aromatic heterocycles. The lowest BCUT2D eigenvalue weighted by Gasteiger charge is -2.06. The highest BCUT2D eigenvalue weighted by atomic mass is 19.1. The lowest BCUT2D eigenvalue weighted by molar-refractivity contribution is 0.104. The normalized spacial score (nSPS) is 10.9. The van der Waals surface area contributed by atoms with Crippen LogP contribution >= 0.6 is 0 Å². The number of rotatable bonds is 2. The minimum Gasteiger partial charge on any atom is -0.398 e. The Balaban J connectivity index is 2.18. The number of nitrogens with two attached hydrogens (primary N) is 1. The van der Waals surface area contributed by atoms with Crippen molar-refractivity contribution in [3.05, 3.63) is 65.1 Å². The summed E-state index contributed by atoms with van der Waals surface area (Å²) in [4.78, 5) is 15.6. The Morgan fingerprint density at radius 1 is 1.20 bits per heavy atom. The number of hydrogen-bond donors (Lipinski definition) is 2. The summed E-state index contributed by atoms with van der Waals surface area (Å²) in [5, 5.41) is 0.566. The van der Waals surface area contributed by atoms with Gasteiger partial charge in [0.1, 0.15) is 5.82 Å². The zero-order valence-electron chi connectivity index (χ0n) is 10.9. The van der Waals surface area contributed by atoms with E-state index >= 15 is 0 Å². The molecule has 3 aromatic rings. The van der Waals surface area contributed by atoms with Gasteiger partial charge in [0, 0.05) is 33.9 Å². The number of fused-ring (bicyclic) bond motifs is 1. The van der Waals surface area contributed by atoms with Crippen LogP contribution in [0.1, 0.15) is 21.5 Å². The van der Waals surface area contributed by atoms with E-state index in [1.54, 1.807) is 24.4 Å². The second-order valence-electron chi connectivity index (χ2n) is 4.76. The van der Waals surface area contributed by atoms with Crippen molar-refractivity contribution >= 4 is 22.4 Å². The van der Waals surface area contributed by atoms with E-state index in [4.69, 9.17) is 5.73 Å². The number of carbonyl (C=O) groups is 1. The van der Waals surface area contributed by atoms with Crippen LogP contribution in [0, 0.1) is 12.7 Å². The Hall–Kier alpha value is -2.62. The van der Waals surface area contributed by atoms with Crippen LogP contribution in [0.5, 0.6) is 0 Å². The number of H-pyrrole nitrogens is 1. The summed E-state index contributed by atoms with van der Waals surface area (Å²) >= 11 is 0. The van der Waals surface area contributed by atoms with E-state index in [1.807, 2.05) is 13.0 Å². The molecule has 20 heavy (non-hydrogen) atoms. The zero-order chi connectivity index (χ0) is 14.3. The first-order valence-corrected chi connectivity index (χ1v) is 6.24. The molecule has 2 aromatic carbocycles. The van der Waals surface area contributed by atoms with Gasteiger partial charge in [0.15, 0.2) is 5.78 Å². The van der Waals surface area contributed by atoms with Crippen molar-refractivity contribution in [1.29, 1.82) is 0 Å². The number of ketones is 1. The lowest BCUT2D eigenvalue weighted by atomic mass is 9.99. The Morgan fingerprint density at radius 2 is 2.00 bits per heavy atom. The number of carbonyl (C=O) groups excluding carboxylic acids is 1. The molecule has 3 nitrogen and oxygen atoms in total. The molecule has 0 atom stereocenters. The summed E-state index contributed by atoms with van der Waals surface area (Å²) in [6.07, 6.45) is 1.59. The van der Waals surface area contributed by atoms with Crippen molar-refractivity contribution in [2.24, 2.45) is 0 Å². The van der Waals surface area contributed by atoms with Crippen LogP contribution in [-0.4, -0.2) is 10.8 Å². The summed E-state index contributed by atoms with van der Waals surface area (Å²) in [7, 11) is 0. The molecule has 1 heterocycles. The van der Waals surface area contributed by atoms with E-state index in [0.717, 1.165) is 11.1 Å². The van der Waals surface area contributed by atoms with Crippen molar-refractivity contribution in [1.82, 2.24) is 4.98 Å². The molecule has 0 fully saturated rings. The first kappa shape index (κ1) is 12.4. The smallest absolute Gasteiger partial charge is 0.197 e. The molecule has 4 heteroatoms. The molecule has 0 unspecified atom stereocenters. The Labute approximate surface area is 115 Å². The van der Waals surface area contributed by atoms with E-state index in [-0.39, 0.29) is 11.6 Å². The van der Waals surface area contributed by atoms with Crippen LogP contribution in [-0.2, 0) is 0 Å². The monoisotopic (exact) mass is 268 g/mol. The van der Waals surface area contributed by atoms with Gasteiger partial charge in [-0.3, -0.25) is 4.79 Å². The van der Waals surface area contributed by atoms with Gasteiger partial charge in [0.05, 0.1) is 0 Å². The van der Waals surface area contributed by atoms with E-state index < -0.39 is 0 Å². The second-order valence-corrected chi connectivity index (χ2v) is 4.76. The molecular weight excluding hydrogens is 255 g/mol. The average molecular weight is 268 g/mol. The van der Waals surface area contributed by atoms with Gasteiger partial charge in [-0.25, -0.2) is 4.39 Å². The second kappa shape index (κ2) is 4.49. The number of aromatic nitrogens is 1. The summed E-state index contributed by atoms with van der Waals surface area (Å²) in [5.41, 5.74) is 8.86. The number of aryl methyl sites for hydroxylation is 1. The maximum Gasteiger partial charge on any atom is 0.197 e. The number of benzene rings is 2. The standard InChI is InChI=1S/C16H13FN2O/c1-9-3-2-4-11(15(9)18)16(20)13-8-19-14-6-5-10(17)7-12(13)14/h2-8,19H,18H2,1H3. The number of nitrogen functional groups attached to an aromatic ring is 1. The van der Waals surface area contributed by atoms with Crippen LogP contribution in [0.2, 0.25) is 0 Å². The average Bonchev–Trinajstić information content (AvgIpc) is 2.84. The summed E-state index contributed by atoms with van der Waals surface area (Å²) < 4.78 is 13.4. The minimum atomic E-state index is -0.372. The van der Waals surface area contributed by atoms with Crippen molar-refractivity contribution in [2.75, 3.05) is 5.73 Å². The van der Waals surface area contributed by atoms with Gasteiger partial charge in [-0.05, 0) is 36.8 Å². The molecule has 3 rings (SSSR count). The predicted octanol–water partition coefficient (Wildman–Crippen LogP) is 3.43. The fourth-order valence-electron chi connectivity index (χ4n) is 2.30. The molecule has 100 valence electrons. The van der Waals surface area contributed by atoms with E-state index in [1.165, 1.54) is 12.1 Å². The highest BCUT2D eigenvalue weighted by Gasteiger charge is 2.17. The zero-order valence-corrected chi connectivity index (χ0v) is 10.9. The van der Waals surface area contributed by atoms with Crippen molar-refractivity contribution < 1.29 is 9.18 Å². The summed E-state index contributed by atoms with van der Waals surface area (Å²) in [6.45, 7) is 1.85. The van der Waals surface area contributed by atoms with Gasteiger partial charge in [0.2, 0.25) is 0 Å². The van der Waals surface area contributed by atoms with Gasteiger partial charge in [-0.15, -0.1) is 0 Å². The summed E-state index contributed by atoms with van der Waals surface area (Å²) in [6, 6.07) is 9.64. The molecule has 0 saturated heterocycles. The Bertz CT molecular complexity index is 820. The SMILES string of the molecule is Cc1cccc(C(=O)c2c[nH]c3ccc(F)cc23)c1N. The molecule has 0 amide bonds. The van der Waals surface area contributed by atoms with Gasteiger partial charge < -0.3 is 10.7 Å². The molecule has 0 aliphatic rings. The minimum absolute atomic E-state index is 0.206. The quantitative estimate of drug-likeness (QED) is 0.552. The third kappa shape index (κ3) is 1.86. The maximum absolute atomic E-state index is 13.4. The Morgan fingerprint density at radius 3 is 2.80 bits per heavy atom. The van der Waals surface area contributed by atoms with Crippen molar-refractivity contribution in [3.63, 3.8) is 0 Å². The molecule has 0 aliphatic heterocycles. The number of aromatic amines is 1. The topological polar surface area (TPSA) is 58.9 Å². The van der Waals surface area contributed by atoms with E-state index in [0.29, 0.717) is 22.2 Å². The third-order valence-corrected chi connectivity index (χ3v) is 3.46. The van der Waals surface area contributed by atoms with Crippen molar-refractivity contribution in [2.45, 2.75) is 6.92 Å². The van der Waals surface area contributed by atoms with Crippen LogP contribution in [0.15, 0.2) is 42.6 Å². The predicted molar refractivity (Wildman–Crippen MR) is 77.3 cm³/mol. The number of anilines is 1. The van der Waals surface area contributed by atoms with Crippen LogP contribution < -0.4 is 5.73 Å². The first-order valence-electron chi connectivity index (χ1n) is 6.24. The molecule has 3 N–H and O–H groups in total. The first-order chi connectivity index (χ1) is 9.58. The number of hydrogen-bond acceptors (Lipinski definition) is 2. The maximum atomic E-state index is 13.4. The highest BCUT2D eigenvalue weighted by Crippen LogP contribution is 2.25.